The van der Waals surface area contributed by atoms with Crippen LogP contribution in [0.3, 0.4) is 0 Å². The third-order valence-electron chi connectivity index (χ3n) is 3.18. The van der Waals surface area contributed by atoms with Crippen molar-refractivity contribution in [2.24, 2.45) is 0 Å². The van der Waals surface area contributed by atoms with E-state index in [9.17, 15) is 9.90 Å². The SMILES string of the molecule is Cc1ccsc1C(=O)Nc1cccc2ccc(O)cc12. The van der Waals surface area contributed by atoms with Gasteiger partial charge in [-0.25, -0.2) is 0 Å². The molecule has 0 spiro atoms. The number of nitrogens with one attached hydrogen (secondary N) is 1. The van der Waals surface area contributed by atoms with E-state index in [-0.39, 0.29) is 11.7 Å². The lowest BCUT2D eigenvalue weighted by Crippen LogP contribution is -2.11. The summed E-state index contributed by atoms with van der Waals surface area (Å²) in [7, 11) is 0. The maximum Gasteiger partial charge on any atom is 0.266 e. The molecule has 0 aliphatic heterocycles. The lowest BCUT2D eigenvalue weighted by atomic mass is 10.1. The molecule has 0 radical (unpaired) electrons. The molecule has 1 heterocycles. The van der Waals surface area contributed by atoms with E-state index < -0.39 is 0 Å². The van der Waals surface area contributed by atoms with Crippen LogP contribution in [-0.4, -0.2) is 11.0 Å². The summed E-state index contributed by atoms with van der Waals surface area (Å²) in [6.45, 7) is 1.92. The summed E-state index contributed by atoms with van der Waals surface area (Å²) < 4.78 is 0. The average molecular weight is 283 g/mol. The Balaban J connectivity index is 2.01. The Morgan fingerprint density at radius 1 is 1.20 bits per heavy atom. The van der Waals surface area contributed by atoms with E-state index >= 15 is 0 Å². The molecule has 0 fully saturated rings. The van der Waals surface area contributed by atoms with Crippen LogP contribution in [0.15, 0.2) is 47.8 Å². The van der Waals surface area contributed by atoms with Crippen molar-refractivity contribution in [3.05, 3.63) is 58.3 Å². The number of benzene rings is 2. The van der Waals surface area contributed by atoms with E-state index in [1.807, 2.05) is 42.6 Å². The Hall–Kier alpha value is -2.33. The van der Waals surface area contributed by atoms with Crippen molar-refractivity contribution in [1.29, 1.82) is 0 Å². The molecule has 0 aliphatic rings. The minimum Gasteiger partial charge on any atom is -0.508 e. The Morgan fingerprint density at radius 3 is 2.80 bits per heavy atom. The predicted molar refractivity (Wildman–Crippen MR) is 82.6 cm³/mol. The number of aryl methyl sites for hydroxylation is 1. The van der Waals surface area contributed by atoms with Gasteiger partial charge in [-0.1, -0.05) is 18.2 Å². The Bertz CT molecular complexity index is 792. The van der Waals surface area contributed by atoms with E-state index in [0.717, 1.165) is 16.3 Å². The maximum absolute atomic E-state index is 12.3. The molecule has 2 aromatic carbocycles. The van der Waals surface area contributed by atoms with Gasteiger partial charge in [0.2, 0.25) is 0 Å². The second kappa shape index (κ2) is 4.98. The molecular formula is C16H13NO2S. The standard InChI is InChI=1S/C16H13NO2S/c1-10-7-8-20-15(10)16(19)17-14-4-2-3-11-5-6-12(18)9-13(11)14/h2-9,18H,1H3,(H,17,19). The summed E-state index contributed by atoms with van der Waals surface area (Å²) in [6, 6.07) is 12.7. The molecule has 20 heavy (non-hydrogen) atoms. The molecule has 0 unspecified atom stereocenters. The smallest absolute Gasteiger partial charge is 0.266 e. The first-order chi connectivity index (χ1) is 9.65. The van der Waals surface area contributed by atoms with E-state index in [0.29, 0.717) is 10.6 Å². The van der Waals surface area contributed by atoms with E-state index in [4.69, 9.17) is 0 Å². The lowest BCUT2D eigenvalue weighted by Gasteiger charge is -2.09. The highest BCUT2D eigenvalue weighted by molar-refractivity contribution is 7.12. The molecule has 0 atom stereocenters. The number of carbonyl (C=O) groups excluding carboxylic acids is 1. The van der Waals surface area contributed by atoms with E-state index in [2.05, 4.69) is 5.32 Å². The van der Waals surface area contributed by atoms with Gasteiger partial charge in [-0.3, -0.25) is 4.79 Å². The highest BCUT2D eigenvalue weighted by Gasteiger charge is 2.12. The number of hydrogen-bond acceptors (Lipinski definition) is 3. The number of thiophene rings is 1. The first-order valence-electron chi connectivity index (χ1n) is 6.22. The molecule has 1 amide bonds. The second-order valence-electron chi connectivity index (χ2n) is 4.60. The van der Waals surface area contributed by atoms with Crippen LogP contribution in [0.4, 0.5) is 5.69 Å². The molecule has 3 aromatic rings. The number of amides is 1. The fraction of sp³-hybridized carbons (Fsp3) is 0.0625. The summed E-state index contributed by atoms with van der Waals surface area (Å²) in [4.78, 5) is 13.0. The van der Waals surface area contributed by atoms with E-state index in [1.54, 1.807) is 12.1 Å². The van der Waals surface area contributed by atoms with Crippen LogP contribution >= 0.6 is 11.3 Å². The minimum atomic E-state index is -0.117. The van der Waals surface area contributed by atoms with Gasteiger partial charge in [0, 0.05) is 11.1 Å². The minimum absolute atomic E-state index is 0.117. The summed E-state index contributed by atoms with van der Waals surface area (Å²) in [5, 5.41) is 16.2. The number of fused-ring (bicyclic) bond motifs is 1. The second-order valence-corrected chi connectivity index (χ2v) is 5.51. The summed E-state index contributed by atoms with van der Waals surface area (Å²) in [5.74, 6) is 0.0693. The predicted octanol–water partition coefficient (Wildman–Crippen LogP) is 4.17. The van der Waals surface area contributed by atoms with E-state index in [1.165, 1.54) is 11.3 Å². The number of phenols is 1. The largest absolute Gasteiger partial charge is 0.508 e. The third kappa shape index (κ3) is 2.26. The number of phenolic OH excluding ortho intramolecular Hbond substituents is 1. The maximum atomic E-state index is 12.3. The number of hydrogen-bond donors (Lipinski definition) is 2. The molecular weight excluding hydrogens is 270 g/mol. The number of aromatic hydroxyl groups is 1. The van der Waals surface area contributed by atoms with Gasteiger partial charge in [-0.05, 0) is 47.5 Å². The molecule has 0 aliphatic carbocycles. The highest BCUT2D eigenvalue weighted by Crippen LogP contribution is 2.28. The lowest BCUT2D eigenvalue weighted by molar-refractivity contribution is 0.103. The highest BCUT2D eigenvalue weighted by atomic mass is 32.1. The molecule has 3 rings (SSSR count). The van der Waals surface area contributed by atoms with Crippen LogP contribution in [0.1, 0.15) is 15.2 Å². The summed E-state index contributed by atoms with van der Waals surface area (Å²) in [5.41, 5.74) is 1.67. The van der Waals surface area contributed by atoms with Crippen LogP contribution in [0.5, 0.6) is 5.75 Å². The zero-order valence-corrected chi connectivity index (χ0v) is 11.7. The van der Waals surface area contributed by atoms with Crippen LogP contribution in [0.2, 0.25) is 0 Å². The van der Waals surface area contributed by atoms with Crippen LogP contribution in [0.25, 0.3) is 10.8 Å². The molecule has 2 N–H and O–H groups in total. The molecule has 4 heteroatoms. The van der Waals surface area contributed by atoms with Gasteiger partial charge in [0.05, 0.1) is 4.88 Å². The van der Waals surface area contributed by atoms with Crippen molar-refractivity contribution >= 4 is 33.7 Å². The van der Waals surface area contributed by atoms with Crippen molar-refractivity contribution in [2.75, 3.05) is 5.32 Å². The first-order valence-corrected chi connectivity index (χ1v) is 7.10. The first kappa shape index (κ1) is 12.7. The topological polar surface area (TPSA) is 49.3 Å². The molecule has 0 bridgehead atoms. The van der Waals surface area contributed by atoms with Crippen molar-refractivity contribution in [3.8, 4) is 5.75 Å². The van der Waals surface area contributed by atoms with Gasteiger partial charge in [-0.15, -0.1) is 11.3 Å². The number of anilines is 1. The quantitative estimate of drug-likeness (QED) is 0.741. The molecule has 3 nitrogen and oxygen atoms in total. The van der Waals surface area contributed by atoms with Crippen molar-refractivity contribution < 1.29 is 9.90 Å². The van der Waals surface area contributed by atoms with Gasteiger partial charge in [0.15, 0.2) is 0 Å². The number of carbonyl (C=O) groups is 1. The Labute approximate surface area is 120 Å². The van der Waals surface area contributed by atoms with Crippen LogP contribution in [-0.2, 0) is 0 Å². The molecule has 1 aromatic heterocycles. The molecule has 0 saturated heterocycles. The van der Waals surface area contributed by atoms with Gasteiger partial charge < -0.3 is 10.4 Å². The van der Waals surface area contributed by atoms with Gasteiger partial charge >= 0.3 is 0 Å². The zero-order valence-electron chi connectivity index (χ0n) is 10.9. The normalized spacial score (nSPS) is 10.7. The van der Waals surface area contributed by atoms with Gasteiger partial charge in [0.25, 0.3) is 5.91 Å². The Kier molecular flexibility index (Phi) is 3.16. The van der Waals surface area contributed by atoms with Gasteiger partial charge in [-0.2, -0.15) is 0 Å². The van der Waals surface area contributed by atoms with Gasteiger partial charge in [0.1, 0.15) is 5.75 Å². The fourth-order valence-electron chi connectivity index (χ4n) is 2.15. The molecule has 100 valence electrons. The van der Waals surface area contributed by atoms with Crippen molar-refractivity contribution in [3.63, 3.8) is 0 Å². The number of rotatable bonds is 2. The fourth-order valence-corrected chi connectivity index (χ4v) is 2.97. The van der Waals surface area contributed by atoms with Crippen LogP contribution < -0.4 is 5.32 Å². The van der Waals surface area contributed by atoms with Crippen molar-refractivity contribution in [1.82, 2.24) is 0 Å². The summed E-state index contributed by atoms with van der Waals surface area (Å²) >= 11 is 1.42. The third-order valence-corrected chi connectivity index (χ3v) is 4.20. The van der Waals surface area contributed by atoms with Crippen molar-refractivity contribution in [2.45, 2.75) is 6.92 Å². The monoisotopic (exact) mass is 283 g/mol. The molecule has 0 saturated carbocycles. The Morgan fingerprint density at radius 2 is 2.05 bits per heavy atom. The zero-order chi connectivity index (χ0) is 14.1. The average Bonchev–Trinajstić information content (AvgIpc) is 2.86. The summed E-state index contributed by atoms with van der Waals surface area (Å²) in [6.07, 6.45) is 0. The van der Waals surface area contributed by atoms with Crippen LogP contribution in [0, 0.1) is 6.92 Å².